The molecular weight excluding hydrogens is 458 g/mol. The van der Waals surface area contributed by atoms with Crippen LogP contribution in [0.3, 0.4) is 0 Å². The molecule has 2 aromatic rings. The van der Waals surface area contributed by atoms with Crippen molar-refractivity contribution in [1.82, 2.24) is 14.7 Å². The molecule has 0 N–H and O–H groups in total. The molecule has 188 valence electrons. The Morgan fingerprint density at radius 2 is 1.71 bits per heavy atom. The van der Waals surface area contributed by atoms with Crippen molar-refractivity contribution in [2.24, 2.45) is 11.3 Å². The fraction of sp³-hybridized carbons (Fsp3) is 0.517. The van der Waals surface area contributed by atoms with E-state index in [0.29, 0.717) is 21.9 Å². The molecule has 2 amide bonds. The van der Waals surface area contributed by atoms with Crippen LogP contribution in [0.5, 0.6) is 0 Å². The Hall–Kier alpha value is -2.37. The zero-order valence-corrected chi connectivity index (χ0v) is 22.4. The maximum Gasteiger partial charge on any atom is 0.254 e. The standard InChI is InChI=1S/C29H38ClN3O2/c1-28(2,22-9-7-6-8-10-22)27(35)33-15-13-29(14-16-33)18-23(29)20-32(5)19-21-11-12-24(25(30)17-21)26(34)31(3)4/h6-12,17,23H,13-16,18-20H2,1-5H3. The van der Waals surface area contributed by atoms with E-state index in [1.165, 1.54) is 6.42 Å². The van der Waals surface area contributed by atoms with E-state index in [2.05, 4.69) is 29.0 Å². The van der Waals surface area contributed by atoms with E-state index in [4.69, 9.17) is 11.6 Å². The highest BCUT2D eigenvalue weighted by molar-refractivity contribution is 6.33. The molecule has 1 aliphatic carbocycles. The summed E-state index contributed by atoms with van der Waals surface area (Å²) in [6.07, 6.45) is 3.43. The van der Waals surface area contributed by atoms with Crippen molar-refractivity contribution in [3.63, 3.8) is 0 Å². The maximum atomic E-state index is 13.3. The highest BCUT2D eigenvalue weighted by atomic mass is 35.5. The van der Waals surface area contributed by atoms with Crippen molar-refractivity contribution >= 4 is 23.4 Å². The highest BCUT2D eigenvalue weighted by Gasteiger charge is 2.55. The number of benzene rings is 2. The molecule has 1 atom stereocenters. The molecule has 4 rings (SSSR count). The minimum absolute atomic E-state index is 0.0770. The molecule has 5 nitrogen and oxygen atoms in total. The quantitative estimate of drug-likeness (QED) is 0.538. The number of halogens is 1. The summed E-state index contributed by atoms with van der Waals surface area (Å²) in [5, 5.41) is 0.507. The number of carbonyl (C=O) groups is 2. The SMILES string of the molecule is CN(Cc1ccc(C(=O)N(C)C)c(Cl)c1)CC1CC12CCN(C(=O)C(C)(C)c1ccccc1)CC2. The average Bonchev–Trinajstić information content (AvgIpc) is 3.49. The largest absolute Gasteiger partial charge is 0.345 e. The fourth-order valence-electron chi connectivity index (χ4n) is 5.65. The fourth-order valence-corrected chi connectivity index (χ4v) is 5.94. The number of hydrogen-bond acceptors (Lipinski definition) is 3. The van der Waals surface area contributed by atoms with E-state index >= 15 is 0 Å². The number of carbonyl (C=O) groups excluding carboxylic acids is 2. The minimum Gasteiger partial charge on any atom is -0.345 e. The Kier molecular flexibility index (Phi) is 7.31. The lowest BCUT2D eigenvalue weighted by molar-refractivity contribution is -0.138. The first kappa shape index (κ1) is 25.7. The van der Waals surface area contributed by atoms with Crippen molar-refractivity contribution < 1.29 is 9.59 Å². The minimum atomic E-state index is -0.497. The normalized spacial score (nSPS) is 19.2. The molecule has 2 aliphatic rings. The van der Waals surface area contributed by atoms with Gasteiger partial charge in [-0.3, -0.25) is 9.59 Å². The van der Waals surface area contributed by atoms with Crippen LogP contribution in [-0.4, -0.2) is 67.3 Å². The number of rotatable bonds is 7. The molecule has 1 saturated heterocycles. The van der Waals surface area contributed by atoms with Crippen LogP contribution in [0.4, 0.5) is 0 Å². The van der Waals surface area contributed by atoms with Gasteiger partial charge in [0.2, 0.25) is 5.91 Å². The van der Waals surface area contributed by atoms with Crippen molar-refractivity contribution in [2.45, 2.75) is 45.1 Å². The molecule has 2 fully saturated rings. The molecule has 35 heavy (non-hydrogen) atoms. The second-order valence-corrected chi connectivity index (χ2v) is 11.7. The van der Waals surface area contributed by atoms with Crippen LogP contribution >= 0.6 is 11.6 Å². The summed E-state index contributed by atoms with van der Waals surface area (Å²) in [4.78, 5) is 31.5. The van der Waals surface area contributed by atoms with Gasteiger partial charge >= 0.3 is 0 Å². The van der Waals surface area contributed by atoms with Crippen molar-refractivity contribution in [2.75, 3.05) is 40.8 Å². The monoisotopic (exact) mass is 495 g/mol. The second-order valence-electron chi connectivity index (χ2n) is 11.3. The molecule has 6 heteroatoms. The molecule has 0 bridgehead atoms. The molecular formula is C29H38ClN3O2. The van der Waals surface area contributed by atoms with Gasteiger partial charge in [-0.05, 0) is 74.8 Å². The zero-order valence-electron chi connectivity index (χ0n) is 21.7. The summed E-state index contributed by atoms with van der Waals surface area (Å²) in [5.74, 6) is 0.838. The number of piperidine rings is 1. The first-order valence-corrected chi connectivity index (χ1v) is 12.9. The molecule has 1 heterocycles. The van der Waals surface area contributed by atoms with Gasteiger partial charge in [0, 0.05) is 40.3 Å². The lowest BCUT2D eigenvalue weighted by atomic mass is 9.81. The Labute approximate surface area is 215 Å². The number of likely N-dealkylation sites (tertiary alicyclic amines) is 1. The predicted molar refractivity (Wildman–Crippen MR) is 142 cm³/mol. The summed E-state index contributed by atoms with van der Waals surface area (Å²) < 4.78 is 0. The topological polar surface area (TPSA) is 43.9 Å². The Morgan fingerprint density at radius 3 is 2.31 bits per heavy atom. The summed E-state index contributed by atoms with van der Waals surface area (Å²) in [5.41, 5.74) is 2.63. The average molecular weight is 496 g/mol. The second kappa shape index (κ2) is 9.94. The van der Waals surface area contributed by atoms with Gasteiger partial charge in [-0.1, -0.05) is 48.0 Å². The van der Waals surface area contributed by atoms with Gasteiger partial charge in [0.1, 0.15) is 0 Å². The summed E-state index contributed by atoms with van der Waals surface area (Å²) in [6.45, 7) is 7.63. The molecule has 0 radical (unpaired) electrons. The Morgan fingerprint density at radius 1 is 1.06 bits per heavy atom. The maximum absolute atomic E-state index is 13.3. The van der Waals surface area contributed by atoms with Crippen LogP contribution in [0.25, 0.3) is 0 Å². The Balaban J connectivity index is 1.28. The smallest absolute Gasteiger partial charge is 0.254 e. The molecule has 1 unspecified atom stereocenters. The summed E-state index contributed by atoms with van der Waals surface area (Å²) in [6, 6.07) is 15.9. The van der Waals surface area contributed by atoms with Gasteiger partial charge in [0.15, 0.2) is 0 Å². The molecule has 1 spiro atoms. The van der Waals surface area contributed by atoms with Crippen LogP contribution in [-0.2, 0) is 16.8 Å². The van der Waals surface area contributed by atoms with Gasteiger partial charge in [0.05, 0.1) is 16.0 Å². The lowest BCUT2D eigenvalue weighted by Crippen LogP contribution is -2.47. The zero-order chi connectivity index (χ0) is 25.4. The van der Waals surface area contributed by atoms with Crippen LogP contribution < -0.4 is 0 Å². The number of amides is 2. The third-order valence-electron chi connectivity index (χ3n) is 8.09. The molecule has 1 saturated carbocycles. The number of hydrogen-bond donors (Lipinski definition) is 0. The first-order valence-electron chi connectivity index (χ1n) is 12.6. The van der Waals surface area contributed by atoms with Crippen LogP contribution in [0.1, 0.15) is 54.6 Å². The Bertz CT molecular complexity index is 1070. The van der Waals surface area contributed by atoms with Crippen LogP contribution in [0.15, 0.2) is 48.5 Å². The summed E-state index contributed by atoms with van der Waals surface area (Å²) in [7, 11) is 5.62. The van der Waals surface area contributed by atoms with Crippen LogP contribution in [0.2, 0.25) is 5.02 Å². The van der Waals surface area contributed by atoms with Gasteiger partial charge < -0.3 is 14.7 Å². The van der Waals surface area contributed by atoms with Gasteiger partial charge in [-0.15, -0.1) is 0 Å². The third kappa shape index (κ3) is 5.41. The predicted octanol–water partition coefficient (Wildman–Crippen LogP) is 5.08. The molecule has 1 aliphatic heterocycles. The van der Waals surface area contributed by atoms with E-state index in [0.717, 1.165) is 50.1 Å². The van der Waals surface area contributed by atoms with Crippen molar-refractivity contribution in [3.8, 4) is 0 Å². The van der Waals surface area contributed by atoms with Gasteiger partial charge in [-0.2, -0.15) is 0 Å². The van der Waals surface area contributed by atoms with Crippen molar-refractivity contribution in [1.29, 1.82) is 0 Å². The molecule has 2 aromatic carbocycles. The number of nitrogens with zero attached hydrogens (tertiary/aromatic N) is 3. The van der Waals surface area contributed by atoms with Gasteiger partial charge in [0.25, 0.3) is 5.91 Å². The summed E-state index contributed by atoms with van der Waals surface area (Å²) >= 11 is 6.40. The first-order chi connectivity index (χ1) is 16.5. The van der Waals surface area contributed by atoms with E-state index in [1.807, 2.05) is 50.2 Å². The third-order valence-corrected chi connectivity index (χ3v) is 8.40. The van der Waals surface area contributed by atoms with Gasteiger partial charge in [-0.25, -0.2) is 0 Å². The highest BCUT2D eigenvalue weighted by Crippen LogP contribution is 2.59. The van der Waals surface area contributed by atoms with Crippen LogP contribution in [0, 0.1) is 11.3 Å². The van der Waals surface area contributed by atoms with E-state index in [1.54, 1.807) is 19.0 Å². The van der Waals surface area contributed by atoms with E-state index in [9.17, 15) is 9.59 Å². The van der Waals surface area contributed by atoms with E-state index in [-0.39, 0.29) is 11.8 Å². The molecule has 0 aromatic heterocycles. The van der Waals surface area contributed by atoms with Crippen molar-refractivity contribution in [3.05, 3.63) is 70.2 Å². The lowest BCUT2D eigenvalue weighted by Gasteiger charge is -2.38. The van der Waals surface area contributed by atoms with E-state index < -0.39 is 5.41 Å².